The Morgan fingerprint density at radius 2 is 2.17 bits per heavy atom. The van der Waals surface area contributed by atoms with E-state index in [0.29, 0.717) is 23.3 Å². The zero-order valence-electron chi connectivity index (χ0n) is 15.2. The number of nitrogens with zero attached hydrogens (tertiary/aromatic N) is 3. The van der Waals surface area contributed by atoms with Crippen molar-refractivity contribution in [2.75, 3.05) is 38.5 Å². The maximum absolute atomic E-state index is 13.1. The third-order valence-electron chi connectivity index (χ3n) is 5.27. The second kappa shape index (κ2) is 7.51. The maximum atomic E-state index is 13.1. The summed E-state index contributed by atoms with van der Waals surface area (Å²) >= 11 is 0. The zero-order valence-corrected chi connectivity index (χ0v) is 15.2. The van der Waals surface area contributed by atoms with Crippen LogP contribution in [-0.2, 0) is 0 Å². The summed E-state index contributed by atoms with van der Waals surface area (Å²) in [5.74, 6) is 2.21. The third kappa shape index (κ3) is 3.89. The number of amides is 1. The SMILES string of the molecule is CNc1ncccc1C(=O)N1CCCN(CC2CC2)[C@@H](C(C)C)C1. The average molecular weight is 330 g/mol. The Hall–Kier alpha value is -1.62. The number of pyridine rings is 1. The predicted molar refractivity (Wildman–Crippen MR) is 97.2 cm³/mol. The molecule has 0 spiro atoms. The lowest BCUT2D eigenvalue weighted by molar-refractivity contribution is 0.0705. The number of anilines is 1. The standard InChI is InChI=1S/C19H30N4O/c1-14(2)17-13-23(11-5-10-22(17)12-15-7-8-15)19(24)16-6-4-9-21-18(16)20-3/h4,6,9,14-15,17H,5,7-8,10-13H2,1-3H3,(H,20,21)/t17-/m1/s1. The fraction of sp³-hybridized carbons (Fsp3) is 0.684. The van der Waals surface area contributed by atoms with Crippen molar-refractivity contribution in [2.24, 2.45) is 11.8 Å². The second-order valence-corrected chi connectivity index (χ2v) is 7.50. The summed E-state index contributed by atoms with van der Waals surface area (Å²) in [5.41, 5.74) is 0.679. The van der Waals surface area contributed by atoms with E-state index in [4.69, 9.17) is 0 Å². The molecule has 1 saturated carbocycles. The van der Waals surface area contributed by atoms with E-state index in [1.165, 1.54) is 19.4 Å². The van der Waals surface area contributed by atoms with Gasteiger partial charge in [0.25, 0.3) is 5.91 Å². The van der Waals surface area contributed by atoms with Gasteiger partial charge in [-0.15, -0.1) is 0 Å². The Morgan fingerprint density at radius 1 is 1.38 bits per heavy atom. The van der Waals surface area contributed by atoms with Gasteiger partial charge >= 0.3 is 0 Å². The van der Waals surface area contributed by atoms with Gasteiger partial charge in [0, 0.05) is 45.5 Å². The van der Waals surface area contributed by atoms with Crippen LogP contribution in [0.4, 0.5) is 5.82 Å². The molecule has 24 heavy (non-hydrogen) atoms. The van der Waals surface area contributed by atoms with Crippen LogP contribution in [0.15, 0.2) is 18.3 Å². The summed E-state index contributed by atoms with van der Waals surface area (Å²) in [4.78, 5) is 22.0. The lowest BCUT2D eigenvalue weighted by Gasteiger charge is -2.34. The van der Waals surface area contributed by atoms with Gasteiger partial charge in [0.15, 0.2) is 0 Å². The first kappa shape index (κ1) is 17.2. The van der Waals surface area contributed by atoms with Gasteiger partial charge in [-0.1, -0.05) is 13.8 Å². The number of rotatable bonds is 5. The summed E-state index contributed by atoms with van der Waals surface area (Å²) in [6.45, 7) is 8.53. The first-order valence-electron chi connectivity index (χ1n) is 9.26. The second-order valence-electron chi connectivity index (χ2n) is 7.50. The number of carbonyl (C=O) groups excluding carboxylic acids is 1. The minimum atomic E-state index is 0.103. The number of carbonyl (C=O) groups is 1. The number of hydrogen-bond acceptors (Lipinski definition) is 4. The van der Waals surface area contributed by atoms with Crippen molar-refractivity contribution in [3.63, 3.8) is 0 Å². The van der Waals surface area contributed by atoms with Crippen LogP contribution in [0.1, 0.15) is 43.5 Å². The number of aromatic nitrogens is 1. The van der Waals surface area contributed by atoms with Crippen LogP contribution >= 0.6 is 0 Å². The quantitative estimate of drug-likeness (QED) is 0.902. The first-order chi connectivity index (χ1) is 11.6. The van der Waals surface area contributed by atoms with Crippen molar-refractivity contribution >= 4 is 11.7 Å². The largest absolute Gasteiger partial charge is 0.372 e. The van der Waals surface area contributed by atoms with Gasteiger partial charge < -0.3 is 10.2 Å². The zero-order chi connectivity index (χ0) is 17.1. The van der Waals surface area contributed by atoms with Gasteiger partial charge in [0.05, 0.1) is 5.56 Å². The van der Waals surface area contributed by atoms with E-state index in [1.807, 2.05) is 24.1 Å². The van der Waals surface area contributed by atoms with E-state index in [-0.39, 0.29) is 5.91 Å². The van der Waals surface area contributed by atoms with Crippen LogP contribution in [-0.4, -0.2) is 60.0 Å². The van der Waals surface area contributed by atoms with E-state index in [9.17, 15) is 4.79 Å². The average Bonchev–Trinajstić information content (AvgIpc) is 3.41. The molecule has 1 atom stereocenters. The van der Waals surface area contributed by atoms with Gasteiger partial charge in [0.1, 0.15) is 5.82 Å². The molecule has 1 N–H and O–H groups in total. The molecular weight excluding hydrogens is 300 g/mol. The third-order valence-corrected chi connectivity index (χ3v) is 5.27. The Bertz CT molecular complexity index is 570. The Labute approximate surface area is 145 Å². The van der Waals surface area contributed by atoms with Gasteiger partial charge in [0.2, 0.25) is 0 Å². The molecule has 1 saturated heterocycles. The molecule has 2 aliphatic rings. The number of hydrogen-bond donors (Lipinski definition) is 1. The lowest BCUT2D eigenvalue weighted by Crippen LogP contribution is -2.46. The van der Waals surface area contributed by atoms with Crippen LogP contribution in [0, 0.1) is 11.8 Å². The fourth-order valence-electron chi connectivity index (χ4n) is 3.69. The normalized spacial score (nSPS) is 22.5. The van der Waals surface area contributed by atoms with Gasteiger partial charge in [-0.3, -0.25) is 9.69 Å². The van der Waals surface area contributed by atoms with Crippen LogP contribution in [0.2, 0.25) is 0 Å². The van der Waals surface area contributed by atoms with Crippen molar-refractivity contribution < 1.29 is 4.79 Å². The molecule has 5 nitrogen and oxygen atoms in total. The molecule has 1 aliphatic carbocycles. The highest BCUT2D eigenvalue weighted by atomic mass is 16.2. The van der Waals surface area contributed by atoms with Crippen molar-refractivity contribution in [3.05, 3.63) is 23.9 Å². The Balaban J connectivity index is 1.76. The van der Waals surface area contributed by atoms with Crippen molar-refractivity contribution in [1.82, 2.24) is 14.8 Å². The molecule has 2 fully saturated rings. The van der Waals surface area contributed by atoms with E-state index in [0.717, 1.165) is 32.0 Å². The van der Waals surface area contributed by atoms with Gasteiger partial charge in [-0.2, -0.15) is 0 Å². The van der Waals surface area contributed by atoms with E-state index >= 15 is 0 Å². The van der Waals surface area contributed by atoms with Gasteiger partial charge in [-0.25, -0.2) is 4.98 Å². The summed E-state index contributed by atoms with van der Waals surface area (Å²) in [6.07, 6.45) is 5.53. The van der Waals surface area contributed by atoms with Crippen molar-refractivity contribution in [3.8, 4) is 0 Å². The Kier molecular flexibility index (Phi) is 5.39. The molecule has 132 valence electrons. The van der Waals surface area contributed by atoms with Gasteiger partial charge in [-0.05, 0) is 43.2 Å². The summed E-state index contributed by atoms with van der Waals surface area (Å²) in [6, 6.07) is 4.16. The lowest BCUT2D eigenvalue weighted by atomic mass is 10.0. The van der Waals surface area contributed by atoms with E-state index in [2.05, 4.69) is 29.0 Å². The highest BCUT2D eigenvalue weighted by Crippen LogP contribution is 2.32. The molecular formula is C19H30N4O. The minimum absolute atomic E-state index is 0.103. The van der Waals surface area contributed by atoms with Crippen LogP contribution in [0.3, 0.4) is 0 Å². The molecule has 0 unspecified atom stereocenters. The van der Waals surface area contributed by atoms with E-state index in [1.54, 1.807) is 6.20 Å². The minimum Gasteiger partial charge on any atom is -0.372 e. The first-order valence-corrected chi connectivity index (χ1v) is 9.26. The van der Waals surface area contributed by atoms with Crippen molar-refractivity contribution in [1.29, 1.82) is 0 Å². The highest BCUT2D eigenvalue weighted by Gasteiger charge is 2.33. The van der Waals surface area contributed by atoms with Crippen LogP contribution in [0.5, 0.6) is 0 Å². The molecule has 0 bridgehead atoms. The molecule has 1 aliphatic heterocycles. The van der Waals surface area contributed by atoms with Crippen LogP contribution < -0.4 is 5.32 Å². The molecule has 2 heterocycles. The predicted octanol–water partition coefficient (Wildman–Crippen LogP) is 2.71. The maximum Gasteiger partial charge on any atom is 0.257 e. The van der Waals surface area contributed by atoms with Crippen LogP contribution in [0.25, 0.3) is 0 Å². The molecule has 0 radical (unpaired) electrons. The van der Waals surface area contributed by atoms with Crippen molar-refractivity contribution in [2.45, 2.75) is 39.2 Å². The molecule has 3 rings (SSSR count). The summed E-state index contributed by atoms with van der Waals surface area (Å²) in [7, 11) is 1.82. The monoisotopic (exact) mass is 330 g/mol. The summed E-state index contributed by atoms with van der Waals surface area (Å²) in [5, 5.41) is 3.04. The Morgan fingerprint density at radius 3 is 2.83 bits per heavy atom. The topological polar surface area (TPSA) is 48.5 Å². The highest BCUT2D eigenvalue weighted by molar-refractivity contribution is 5.98. The molecule has 1 amide bonds. The smallest absolute Gasteiger partial charge is 0.257 e. The fourth-order valence-corrected chi connectivity index (χ4v) is 3.69. The molecule has 1 aromatic heterocycles. The number of nitrogens with one attached hydrogen (secondary N) is 1. The molecule has 5 heteroatoms. The molecule has 0 aromatic carbocycles. The summed E-state index contributed by atoms with van der Waals surface area (Å²) < 4.78 is 0. The molecule has 1 aromatic rings. The van der Waals surface area contributed by atoms with E-state index < -0.39 is 0 Å².